The van der Waals surface area contributed by atoms with Crippen LogP contribution in [0.5, 0.6) is 0 Å². The Morgan fingerprint density at radius 3 is 1.93 bits per heavy atom. The molecule has 0 nitrogen and oxygen atoms in total. The van der Waals surface area contributed by atoms with Crippen LogP contribution >= 0.6 is 0 Å². The molecule has 0 radical (unpaired) electrons. The van der Waals surface area contributed by atoms with Gasteiger partial charge in [0, 0.05) is 0 Å². The van der Waals surface area contributed by atoms with Crippen molar-refractivity contribution in [2.24, 2.45) is 0 Å². The number of benzene rings is 1. The minimum atomic E-state index is -5.25. The molecule has 0 unspecified atom stereocenters. The van der Waals surface area contributed by atoms with E-state index in [4.69, 9.17) is 0 Å². The van der Waals surface area contributed by atoms with E-state index in [1.807, 2.05) is 0 Å². The zero-order valence-electron chi connectivity index (χ0n) is 7.58. The molecule has 0 saturated carbocycles. The van der Waals surface area contributed by atoms with E-state index in [9.17, 15) is 26.1 Å². The molecule has 0 aliphatic rings. The van der Waals surface area contributed by atoms with Crippen molar-refractivity contribution in [1.82, 2.24) is 0 Å². The fourth-order valence-corrected chi connectivity index (χ4v) is 1.22. The Bertz CT molecular complexity index is 364. The first-order valence-electron chi connectivity index (χ1n) is 4.00. The Kier molecular flexibility index (Phi) is 2.76. The summed E-state index contributed by atoms with van der Waals surface area (Å²) in [5.74, 6) is 0. The Morgan fingerprint density at radius 1 is 1.07 bits per heavy atom. The summed E-state index contributed by atoms with van der Waals surface area (Å²) in [5, 5.41) is 0. The van der Waals surface area contributed by atoms with Crippen molar-refractivity contribution in [2.75, 3.05) is 0 Å². The molecule has 0 N–H and O–H groups in total. The molecule has 0 spiro atoms. The summed E-state index contributed by atoms with van der Waals surface area (Å²) < 4.78 is 73.1. The highest BCUT2D eigenvalue weighted by Gasteiger charge is 2.33. The molecule has 0 saturated heterocycles. The number of hydrogen-bond donors (Lipinski definition) is 0. The van der Waals surface area contributed by atoms with E-state index in [1.54, 1.807) is 0 Å². The van der Waals surface area contributed by atoms with Crippen molar-refractivity contribution in [2.45, 2.75) is 13.1 Å². The smallest absolute Gasteiger partial charge is 0.445 e. The predicted octanol–water partition coefficient (Wildman–Crippen LogP) is 3.07. The van der Waals surface area contributed by atoms with Crippen LogP contribution in [0.3, 0.4) is 0 Å². The van der Waals surface area contributed by atoms with Gasteiger partial charge in [-0.3, -0.25) is 0 Å². The second kappa shape index (κ2) is 3.46. The third-order valence-electron chi connectivity index (χ3n) is 1.95. The van der Waals surface area contributed by atoms with Gasteiger partial charge in [0.25, 0.3) is 0 Å². The molecule has 7 heteroatoms. The first kappa shape index (κ1) is 11.9. The van der Waals surface area contributed by atoms with Gasteiger partial charge in [-0.1, -0.05) is 17.7 Å². The molecule has 15 heavy (non-hydrogen) atoms. The van der Waals surface area contributed by atoms with E-state index >= 15 is 0 Å². The topological polar surface area (TPSA) is 0 Å². The second-order valence-corrected chi connectivity index (χ2v) is 3.14. The maximum Gasteiger partial charge on any atom is 0.509 e. The Hall–Kier alpha value is -1.14. The minimum absolute atomic E-state index is 0.405. The Labute approximate surface area is 82.0 Å². The lowest BCUT2D eigenvalue weighted by atomic mass is 9.77. The maximum atomic E-state index is 12.3. The van der Waals surface area contributed by atoms with Crippen LogP contribution in [0.25, 0.3) is 0 Å². The molecule has 84 valence electrons. The molecule has 0 amide bonds. The second-order valence-electron chi connectivity index (χ2n) is 3.14. The monoisotopic (exact) mass is 227 g/mol. The summed E-state index contributed by atoms with van der Waals surface area (Å²) in [7, 11) is 0. The lowest BCUT2D eigenvalue weighted by Gasteiger charge is -2.19. The third kappa shape index (κ3) is 2.67. The van der Waals surface area contributed by atoms with Crippen molar-refractivity contribution < 1.29 is 26.1 Å². The highest BCUT2D eigenvalue weighted by atomic mass is 19.4. The van der Waals surface area contributed by atoms with Crippen LogP contribution in [0.1, 0.15) is 11.1 Å². The first-order chi connectivity index (χ1) is 6.62. The van der Waals surface area contributed by atoms with Crippen LogP contribution in [0.4, 0.5) is 26.1 Å². The lowest BCUT2D eigenvalue weighted by Crippen LogP contribution is -2.36. The van der Waals surface area contributed by atoms with Crippen LogP contribution in [0.2, 0.25) is 0 Å². The lowest BCUT2D eigenvalue weighted by molar-refractivity contribution is -0.137. The summed E-state index contributed by atoms with van der Waals surface area (Å²) >= 11 is 0. The molecule has 0 aliphatic carbocycles. The average molecular weight is 227 g/mol. The van der Waals surface area contributed by atoms with Gasteiger partial charge in [0.1, 0.15) is 0 Å². The fourth-order valence-electron chi connectivity index (χ4n) is 1.22. The number of hydrogen-bond acceptors (Lipinski definition) is 0. The molecule has 0 atom stereocenters. The number of aryl methyl sites for hydroxylation is 1. The van der Waals surface area contributed by atoms with Gasteiger partial charge in [-0.25, -0.2) is 0 Å². The summed E-state index contributed by atoms with van der Waals surface area (Å²) in [6.07, 6.45) is -4.61. The van der Waals surface area contributed by atoms with Crippen LogP contribution in [0.15, 0.2) is 18.2 Å². The zero-order chi connectivity index (χ0) is 11.9. The normalized spacial score (nSPS) is 13.0. The highest BCUT2D eigenvalue weighted by molar-refractivity contribution is 6.74. The van der Waals surface area contributed by atoms with E-state index in [0.29, 0.717) is 18.2 Å². The summed E-state index contributed by atoms with van der Waals surface area (Å²) in [5.41, 5.74) is -2.45. The van der Waals surface area contributed by atoms with Crippen LogP contribution < -0.4 is 5.46 Å². The van der Waals surface area contributed by atoms with Gasteiger partial charge in [-0.05, 0) is 13.0 Å². The molecule has 1 aromatic rings. The highest BCUT2D eigenvalue weighted by Crippen LogP contribution is 2.29. The summed E-state index contributed by atoms with van der Waals surface area (Å²) in [6, 6.07) is 1.42. The van der Waals surface area contributed by atoms with Crippen LogP contribution in [-0.4, -0.2) is 6.98 Å². The number of rotatable bonds is 1. The minimum Gasteiger partial charge on any atom is -0.445 e. The Balaban J connectivity index is 3.21. The van der Waals surface area contributed by atoms with Gasteiger partial charge in [-0.2, -0.15) is 13.2 Å². The molecule has 0 bridgehead atoms. The van der Waals surface area contributed by atoms with E-state index in [-0.39, 0.29) is 0 Å². The predicted molar refractivity (Wildman–Crippen MR) is 44.9 cm³/mol. The van der Waals surface area contributed by atoms with Crippen molar-refractivity contribution in [3.05, 3.63) is 29.3 Å². The molecule has 0 aromatic heterocycles. The van der Waals surface area contributed by atoms with Gasteiger partial charge < -0.3 is 12.9 Å². The third-order valence-corrected chi connectivity index (χ3v) is 1.95. The molecule has 0 fully saturated rings. The maximum absolute atomic E-state index is 12.3. The van der Waals surface area contributed by atoms with Crippen molar-refractivity contribution in [3.8, 4) is 0 Å². The molecule has 0 heterocycles. The molecule has 1 aromatic carbocycles. The van der Waals surface area contributed by atoms with Crippen LogP contribution in [0, 0.1) is 6.92 Å². The molecular formula is C8H6BF6-. The average Bonchev–Trinajstić information content (AvgIpc) is 1.99. The van der Waals surface area contributed by atoms with Gasteiger partial charge in [-0.15, -0.1) is 5.46 Å². The van der Waals surface area contributed by atoms with Crippen molar-refractivity contribution >= 4 is 12.4 Å². The zero-order valence-corrected chi connectivity index (χ0v) is 7.58. The standard InChI is InChI=1S/C8H6BF6/c1-5-4-6(8(10,11)12)2-3-7(5)9(13,14)15/h2-4H,1H3/q-1. The van der Waals surface area contributed by atoms with E-state index in [1.165, 1.54) is 0 Å². The van der Waals surface area contributed by atoms with E-state index < -0.39 is 29.7 Å². The van der Waals surface area contributed by atoms with Crippen molar-refractivity contribution in [3.63, 3.8) is 0 Å². The molecule has 0 aliphatic heterocycles. The van der Waals surface area contributed by atoms with Crippen molar-refractivity contribution in [1.29, 1.82) is 0 Å². The quantitative estimate of drug-likeness (QED) is 0.510. The SMILES string of the molecule is Cc1cc(C(F)(F)F)ccc1[B-](F)(F)F. The van der Waals surface area contributed by atoms with Crippen LogP contribution in [-0.2, 0) is 6.18 Å². The summed E-state index contributed by atoms with van der Waals surface area (Å²) in [4.78, 5) is 0. The summed E-state index contributed by atoms with van der Waals surface area (Å²) in [6.45, 7) is -4.24. The first-order valence-corrected chi connectivity index (χ1v) is 4.00. The number of halogens is 6. The van der Waals surface area contributed by atoms with Gasteiger partial charge in [0.2, 0.25) is 0 Å². The van der Waals surface area contributed by atoms with E-state index in [0.717, 1.165) is 6.92 Å². The largest absolute Gasteiger partial charge is 0.509 e. The van der Waals surface area contributed by atoms with Gasteiger partial charge >= 0.3 is 13.2 Å². The molecule has 1 rings (SSSR count). The van der Waals surface area contributed by atoms with E-state index in [2.05, 4.69) is 0 Å². The van der Waals surface area contributed by atoms with Gasteiger partial charge in [0.15, 0.2) is 0 Å². The Morgan fingerprint density at radius 2 is 1.60 bits per heavy atom. The van der Waals surface area contributed by atoms with Gasteiger partial charge in [0.05, 0.1) is 5.56 Å². The number of alkyl halides is 3. The molecular weight excluding hydrogens is 221 g/mol. The fraction of sp³-hybridized carbons (Fsp3) is 0.250.